The second-order valence-corrected chi connectivity index (χ2v) is 4.49. The Morgan fingerprint density at radius 3 is 2.29 bits per heavy atom. The Bertz CT molecular complexity index is 505. The van der Waals surface area contributed by atoms with Crippen molar-refractivity contribution in [3.05, 3.63) is 24.4 Å². The zero-order valence-electron chi connectivity index (χ0n) is 12.2. The summed E-state index contributed by atoms with van der Waals surface area (Å²) in [6.07, 6.45) is 1.44. The lowest BCUT2D eigenvalue weighted by Crippen LogP contribution is -2.46. The Kier molecular flexibility index (Phi) is 5.54. The van der Waals surface area contributed by atoms with E-state index in [1.807, 2.05) is 0 Å². The van der Waals surface area contributed by atoms with Crippen LogP contribution in [0.25, 0.3) is 0 Å². The smallest absolute Gasteiger partial charge is 0.268 e. The van der Waals surface area contributed by atoms with Gasteiger partial charge in [0.1, 0.15) is 11.8 Å². The Morgan fingerprint density at radius 1 is 1.29 bits per heavy atom. The monoisotopic (exact) mass is 294 g/mol. The number of nitrogens with zero attached hydrogens (tertiary/aromatic N) is 1. The van der Waals surface area contributed by atoms with Gasteiger partial charge in [-0.25, -0.2) is 4.90 Å². The van der Waals surface area contributed by atoms with E-state index in [-0.39, 0.29) is 11.5 Å². The van der Waals surface area contributed by atoms with Gasteiger partial charge in [-0.05, 0) is 20.8 Å². The number of imide groups is 1. The van der Waals surface area contributed by atoms with Crippen molar-refractivity contribution in [2.45, 2.75) is 32.9 Å². The molecule has 1 aliphatic heterocycles. The Balaban J connectivity index is 2.64. The van der Waals surface area contributed by atoms with Crippen molar-refractivity contribution in [3.63, 3.8) is 0 Å². The van der Waals surface area contributed by atoms with Gasteiger partial charge in [-0.2, -0.15) is 0 Å². The highest BCUT2D eigenvalue weighted by Gasteiger charge is 2.31. The second kappa shape index (κ2) is 6.94. The number of Topliss-reactive ketones (excluding diaryl/α,β-unsaturated/α-hetero) is 1. The summed E-state index contributed by atoms with van der Waals surface area (Å²) in [5.41, 5.74) is -0.321. The molecule has 21 heavy (non-hydrogen) atoms. The number of rotatable bonds is 7. The molecule has 1 aliphatic rings. The second-order valence-electron chi connectivity index (χ2n) is 4.49. The fourth-order valence-electron chi connectivity index (χ4n) is 1.80. The standard InChI is InChI=1S/C14H18N2O5/c1-5-21-10(4)13(19)8(2)15-14(20)9(3)16-11(17)6-7-12(16)18/h6-8,10H,3,5H2,1-2,4H3,(H,15,20). The van der Waals surface area contributed by atoms with Crippen LogP contribution in [0.4, 0.5) is 0 Å². The third kappa shape index (κ3) is 3.85. The summed E-state index contributed by atoms with van der Waals surface area (Å²) in [5, 5.41) is 2.39. The summed E-state index contributed by atoms with van der Waals surface area (Å²) in [7, 11) is 0. The van der Waals surface area contributed by atoms with Crippen LogP contribution in [0, 0.1) is 0 Å². The minimum atomic E-state index is -0.823. The van der Waals surface area contributed by atoms with Gasteiger partial charge in [-0.1, -0.05) is 6.58 Å². The van der Waals surface area contributed by atoms with E-state index < -0.39 is 29.9 Å². The van der Waals surface area contributed by atoms with E-state index in [9.17, 15) is 19.2 Å². The van der Waals surface area contributed by atoms with Crippen LogP contribution < -0.4 is 5.32 Å². The Hall–Kier alpha value is -2.28. The normalized spacial score (nSPS) is 16.8. The molecule has 2 atom stereocenters. The first-order valence-electron chi connectivity index (χ1n) is 6.50. The number of ether oxygens (including phenoxy) is 1. The van der Waals surface area contributed by atoms with Crippen LogP contribution in [0.15, 0.2) is 24.4 Å². The minimum absolute atomic E-state index is 0.310. The van der Waals surface area contributed by atoms with Crippen molar-refractivity contribution in [2.75, 3.05) is 6.61 Å². The third-order valence-corrected chi connectivity index (χ3v) is 2.93. The van der Waals surface area contributed by atoms with Crippen molar-refractivity contribution in [1.82, 2.24) is 10.2 Å². The SMILES string of the molecule is C=C(C(=O)NC(C)C(=O)C(C)OCC)N1C(=O)C=CC1=O. The van der Waals surface area contributed by atoms with Crippen molar-refractivity contribution >= 4 is 23.5 Å². The molecule has 1 heterocycles. The lowest BCUT2D eigenvalue weighted by molar-refractivity contribution is -0.138. The third-order valence-electron chi connectivity index (χ3n) is 2.93. The highest BCUT2D eigenvalue weighted by molar-refractivity contribution is 6.18. The van der Waals surface area contributed by atoms with E-state index in [1.54, 1.807) is 13.8 Å². The number of hydrogen-bond donors (Lipinski definition) is 1. The van der Waals surface area contributed by atoms with Gasteiger partial charge in [0, 0.05) is 18.8 Å². The number of hydrogen-bond acceptors (Lipinski definition) is 5. The molecule has 0 saturated heterocycles. The molecule has 0 bridgehead atoms. The van der Waals surface area contributed by atoms with Crippen molar-refractivity contribution in [3.8, 4) is 0 Å². The molecule has 0 saturated carbocycles. The first-order chi connectivity index (χ1) is 9.79. The molecule has 0 radical (unpaired) electrons. The fraction of sp³-hybridized carbons (Fsp3) is 0.429. The van der Waals surface area contributed by atoms with Crippen molar-refractivity contribution < 1.29 is 23.9 Å². The van der Waals surface area contributed by atoms with Crippen LogP contribution in [0.1, 0.15) is 20.8 Å². The van der Waals surface area contributed by atoms with Crippen LogP contribution in [-0.2, 0) is 23.9 Å². The van der Waals surface area contributed by atoms with E-state index >= 15 is 0 Å². The summed E-state index contributed by atoms with van der Waals surface area (Å²) in [6.45, 7) is 8.63. The summed E-state index contributed by atoms with van der Waals surface area (Å²) in [6, 6.07) is -0.823. The zero-order chi connectivity index (χ0) is 16.2. The maximum absolute atomic E-state index is 11.9. The number of carbonyl (C=O) groups excluding carboxylic acids is 4. The minimum Gasteiger partial charge on any atom is -0.371 e. The molecule has 0 aromatic rings. The van der Waals surface area contributed by atoms with Crippen LogP contribution in [0.5, 0.6) is 0 Å². The predicted octanol–water partition coefficient (Wildman–Crippen LogP) is -0.0761. The molecule has 0 aromatic heterocycles. The lowest BCUT2D eigenvalue weighted by Gasteiger charge is -2.20. The Morgan fingerprint density at radius 2 is 1.81 bits per heavy atom. The molecule has 7 heteroatoms. The first kappa shape index (κ1) is 16.8. The molecule has 0 aromatic carbocycles. The summed E-state index contributed by atoms with van der Waals surface area (Å²) in [5.74, 6) is -2.34. The van der Waals surface area contributed by atoms with Crippen LogP contribution in [0.2, 0.25) is 0 Å². The molecule has 0 fully saturated rings. The van der Waals surface area contributed by atoms with Gasteiger partial charge in [0.05, 0.1) is 6.04 Å². The van der Waals surface area contributed by atoms with E-state index in [2.05, 4.69) is 11.9 Å². The Labute approximate surface area is 122 Å². The van der Waals surface area contributed by atoms with Gasteiger partial charge in [-0.3, -0.25) is 19.2 Å². The van der Waals surface area contributed by atoms with Crippen molar-refractivity contribution in [2.24, 2.45) is 0 Å². The average molecular weight is 294 g/mol. The van der Waals surface area contributed by atoms with Gasteiger partial charge >= 0.3 is 0 Å². The molecular formula is C14H18N2O5. The predicted molar refractivity (Wildman–Crippen MR) is 73.8 cm³/mol. The van der Waals surface area contributed by atoms with Gasteiger partial charge in [0.15, 0.2) is 5.78 Å². The highest BCUT2D eigenvalue weighted by Crippen LogP contribution is 2.11. The van der Waals surface area contributed by atoms with Crippen LogP contribution in [0.3, 0.4) is 0 Å². The highest BCUT2D eigenvalue weighted by atomic mass is 16.5. The van der Waals surface area contributed by atoms with Gasteiger partial charge in [-0.15, -0.1) is 0 Å². The number of carbonyl (C=O) groups is 4. The van der Waals surface area contributed by atoms with E-state index in [1.165, 1.54) is 6.92 Å². The summed E-state index contributed by atoms with van der Waals surface area (Å²) < 4.78 is 5.15. The summed E-state index contributed by atoms with van der Waals surface area (Å²) >= 11 is 0. The maximum atomic E-state index is 11.9. The van der Waals surface area contributed by atoms with Gasteiger partial charge < -0.3 is 10.1 Å². The molecule has 1 N–H and O–H groups in total. The summed E-state index contributed by atoms with van der Waals surface area (Å²) in [4.78, 5) is 47.4. The van der Waals surface area contributed by atoms with E-state index in [0.29, 0.717) is 11.5 Å². The number of nitrogens with one attached hydrogen (secondary N) is 1. The number of ketones is 1. The molecule has 114 valence electrons. The average Bonchev–Trinajstić information content (AvgIpc) is 2.76. The van der Waals surface area contributed by atoms with Crippen LogP contribution in [-0.4, -0.2) is 47.2 Å². The zero-order valence-corrected chi connectivity index (χ0v) is 12.2. The first-order valence-corrected chi connectivity index (χ1v) is 6.50. The lowest BCUT2D eigenvalue weighted by atomic mass is 10.1. The van der Waals surface area contributed by atoms with E-state index in [0.717, 1.165) is 12.2 Å². The molecule has 2 unspecified atom stereocenters. The van der Waals surface area contributed by atoms with E-state index in [4.69, 9.17) is 4.74 Å². The molecule has 1 rings (SSSR count). The van der Waals surface area contributed by atoms with Crippen molar-refractivity contribution in [1.29, 1.82) is 0 Å². The molecule has 0 aliphatic carbocycles. The quantitative estimate of drug-likeness (QED) is 0.524. The topological polar surface area (TPSA) is 92.8 Å². The largest absolute Gasteiger partial charge is 0.371 e. The van der Waals surface area contributed by atoms with Crippen LogP contribution >= 0.6 is 0 Å². The maximum Gasteiger partial charge on any atom is 0.268 e. The number of amides is 3. The van der Waals surface area contributed by atoms with Gasteiger partial charge in [0.25, 0.3) is 17.7 Å². The van der Waals surface area contributed by atoms with Gasteiger partial charge in [0.2, 0.25) is 0 Å². The molecular weight excluding hydrogens is 276 g/mol. The molecule has 7 nitrogen and oxygen atoms in total. The fourth-order valence-corrected chi connectivity index (χ4v) is 1.80. The molecule has 3 amide bonds. The molecule has 0 spiro atoms.